The Hall–Kier alpha value is -1.40. The number of carboxylic acid groups (broad SMARTS) is 1. The van der Waals surface area contributed by atoms with Crippen LogP contribution >= 0.6 is 24.2 Å². The average Bonchev–Trinajstić information content (AvgIpc) is 3.22. The highest BCUT2D eigenvalue weighted by atomic mass is 35.5. The molecule has 9 nitrogen and oxygen atoms in total. The Morgan fingerprint density at radius 1 is 1.35 bits per heavy atom. The Labute approximate surface area is 209 Å². The first-order valence-electron chi connectivity index (χ1n) is 11.5. The summed E-state index contributed by atoms with van der Waals surface area (Å²) in [7, 11) is 3.96. The van der Waals surface area contributed by atoms with Crippen LogP contribution in [0, 0.1) is 11.8 Å². The smallest absolute Gasteiger partial charge is 0.240 e. The van der Waals surface area contributed by atoms with E-state index in [-0.39, 0.29) is 65.9 Å². The fourth-order valence-corrected chi connectivity index (χ4v) is 7.00. The number of hydrogen-bond acceptors (Lipinski definition) is 7. The van der Waals surface area contributed by atoms with Crippen molar-refractivity contribution in [3.8, 4) is 0 Å². The van der Waals surface area contributed by atoms with Crippen molar-refractivity contribution in [1.29, 1.82) is 0 Å². The number of quaternary nitrogens is 1. The molecule has 6 atom stereocenters. The fourth-order valence-electron chi connectivity index (χ4n) is 5.53. The molecule has 1 unspecified atom stereocenters. The number of nitrogens with zero attached hydrogens (tertiary/aromatic N) is 3. The third-order valence-electron chi connectivity index (χ3n) is 7.81. The summed E-state index contributed by atoms with van der Waals surface area (Å²) < 4.78 is 13.3. The molecule has 12 heteroatoms. The Balaban J connectivity index is 0.00000324. The van der Waals surface area contributed by atoms with Crippen molar-refractivity contribution in [2.24, 2.45) is 11.8 Å². The highest BCUT2D eigenvalue weighted by molar-refractivity contribution is 8.03. The van der Waals surface area contributed by atoms with E-state index in [1.165, 1.54) is 16.7 Å². The van der Waals surface area contributed by atoms with Gasteiger partial charge in [-0.2, -0.15) is 0 Å². The second-order valence-corrected chi connectivity index (χ2v) is 11.6. The molecule has 4 heterocycles. The predicted octanol–water partition coefficient (Wildman–Crippen LogP) is -1.05. The number of thioether (sulfide) groups is 1. The molecular weight excluding hydrogens is 487 g/mol. The molecule has 0 bridgehead atoms. The number of rotatable bonds is 8. The Morgan fingerprint density at radius 2 is 2.00 bits per heavy atom. The Morgan fingerprint density at radius 3 is 2.56 bits per heavy atom. The van der Waals surface area contributed by atoms with E-state index in [2.05, 4.69) is 5.32 Å². The predicted molar refractivity (Wildman–Crippen MR) is 125 cm³/mol. The van der Waals surface area contributed by atoms with Gasteiger partial charge < -0.3 is 34.6 Å². The third-order valence-corrected chi connectivity index (χ3v) is 9.32. The zero-order valence-electron chi connectivity index (χ0n) is 19.9. The number of carboxylic acids is 1. The van der Waals surface area contributed by atoms with Crippen LogP contribution in [0.4, 0.5) is 4.39 Å². The number of aliphatic hydroxyl groups is 1. The summed E-state index contributed by atoms with van der Waals surface area (Å²) in [6.45, 7) is 5.24. The lowest BCUT2D eigenvalue weighted by atomic mass is 9.79. The molecule has 2 N–H and O–H groups in total. The number of aliphatic hydroxyl groups excluding tert-OH is 1. The highest BCUT2D eigenvalue weighted by Gasteiger charge is 2.59. The number of alkyl halides is 1. The average molecular weight is 521 g/mol. The molecular formula is C22H34ClFN4O5S. The van der Waals surface area contributed by atoms with Crippen LogP contribution in [0.25, 0.3) is 0 Å². The molecule has 4 aliphatic rings. The van der Waals surface area contributed by atoms with Gasteiger partial charge in [-0.15, -0.1) is 24.2 Å². The van der Waals surface area contributed by atoms with Crippen molar-refractivity contribution < 1.29 is 33.5 Å². The number of likely N-dealkylation sites (tertiary alicyclic amines) is 1. The fraction of sp³-hybridized carbons (Fsp3) is 0.773. The number of fused-ring (bicyclic) bond motifs is 1. The monoisotopic (exact) mass is 520 g/mol. The molecule has 3 saturated heterocycles. The van der Waals surface area contributed by atoms with Gasteiger partial charge in [0.15, 0.2) is 0 Å². The maximum atomic E-state index is 12.9. The summed E-state index contributed by atoms with van der Waals surface area (Å²) >= 11 is 1.40. The molecule has 2 amide bonds. The van der Waals surface area contributed by atoms with E-state index >= 15 is 0 Å². The molecule has 3 fully saturated rings. The summed E-state index contributed by atoms with van der Waals surface area (Å²) in [5.41, 5.74) is -0.0902. The number of nitrogens with one attached hydrogen (secondary N) is 1. The topological polar surface area (TPSA) is 113 Å². The Bertz CT molecular complexity index is 881. The van der Waals surface area contributed by atoms with Gasteiger partial charge in [0.1, 0.15) is 19.3 Å². The number of hydrogen-bond donors (Lipinski definition) is 2. The van der Waals surface area contributed by atoms with Crippen molar-refractivity contribution in [2.75, 3.05) is 46.9 Å². The maximum Gasteiger partial charge on any atom is 0.240 e. The lowest BCUT2D eigenvalue weighted by Gasteiger charge is -2.48. The van der Waals surface area contributed by atoms with Crippen LogP contribution in [0.1, 0.15) is 20.3 Å². The summed E-state index contributed by atoms with van der Waals surface area (Å²) in [4.78, 5) is 40.9. The molecule has 192 valence electrons. The quantitative estimate of drug-likeness (QED) is 0.310. The zero-order chi connectivity index (χ0) is 24.2. The number of likely N-dealkylation sites (N-methyl/N-ethyl adjacent to an activating group) is 1. The third kappa shape index (κ3) is 4.45. The first-order chi connectivity index (χ1) is 15.5. The van der Waals surface area contributed by atoms with Crippen LogP contribution in [-0.4, -0.2) is 114 Å². The SMILES string of the molecule is CC(O)[C@H]1C(=O)N2C(C(=O)[O-])=C(S[C@@H]3CN[C@H](C(=O)N4CC([N+](C)(C)CCF)C4)C3)[C@H](C)[C@H]12.Cl. The van der Waals surface area contributed by atoms with Gasteiger partial charge in [-0.25, -0.2) is 4.39 Å². The summed E-state index contributed by atoms with van der Waals surface area (Å²) in [5.74, 6) is -2.57. The van der Waals surface area contributed by atoms with Crippen molar-refractivity contribution in [3.63, 3.8) is 0 Å². The zero-order valence-corrected chi connectivity index (χ0v) is 21.5. The van der Waals surface area contributed by atoms with Crippen molar-refractivity contribution in [3.05, 3.63) is 10.6 Å². The van der Waals surface area contributed by atoms with E-state index in [9.17, 15) is 29.0 Å². The molecule has 0 aromatic heterocycles. The van der Waals surface area contributed by atoms with Gasteiger partial charge in [0, 0.05) is 22.6 Å². The van der Waals surface area contributed by atoms with Crippen molar-refractivity contribution in [2.45, 2.75) is 49.7 Å². The number of aliphatic carboxylic acids is 1. The second-order valence-electron chi connectivity index (χ2n) is 10.3. The number of carbonyl (C=O) groups excluding carboxylic acids is 3. The summed E-state index contributed by atoms with van der Waals surface area (Å²) in [5, 5.41) is 25.1. The lowest BCUT2D eigenvalue weighted by molar-refractivity contribution is -0.919. The normalized spacial score (nSPS) is 32.2. The molecule has 0 aromatic rings. The van der Waals surface area contributed by atoms with Crippen LogP contribution in [0.2, 0.25) is 0 Å². The number of β-lactam (4-membered cyclic amide) rings is 1. The van der Waals surface area contributed by atoms with E-state index < -0.39 is 18.0 Å². The highest BCUT2D eigenvalue weighted by Crippen LogP contribution is 2.51. The van der Waals surface area contributed by atoms with Crippen LogP contribution in [0.3, 0.4) is 0 Å². The van der Waals surface area contributed by atoms with Gasteiger partial charge in [-0.3, -0.25) is 9.59 Å². The molecule has 0 radical (unpaired) electrons. The minimum Gasteiger partial charge on any atom is -0.543 e. The molecule has 0 saturated carbocycles. The minimum absolute atomic E-state index is 0. The largest absolute Gasteiger partial charge is 0.543 e. The molecule has 4 aliphatic heterocycles. The van der Waals surface area contributed by atoms with E-state index in [0.717, 1.165) is 0 Å². The van der Waals surface area contributed by atoms with Crippen LogP contribution in [-0.2, 0) is 14.4 Å². The van der Waals surface area contributed by atoms with Gasteiger partial charge in [-0.1, -0.05) is 6.92 Å². The number of amides is 2. The van der Waals surface area contributed by atoms with Crippen LogP contribution in [0.15, 0.2) is 10.6 Å². The first-order valence-corrected chi connectivity index (χ1v) is 12.4. The molecule has 4 rings (SSSR count). The van der Waals surface area contributed by atoms with Gasteiger partial charge in [0.05, 0.1) is 63.0 Å². The van der Waals surface area contributed by atoms with Gasteiger partial charge in [0.25, 0.3) is 0 Å². The van der Waals surface area contributed by atoms with Crippen molar-refractivity contribution >= 4 is 42.0 Å². The van der Waals surface area contributed by atoms with Crippen LogP contribution < -0.4 is 10.4 Å². The van der Waals surface area contributed by atoms with Gasteiger partial charge >= 0.3 is 0 Å². The van der Waals surface area contributed by atoms with Gasteiger partial charge in [0.2, 0.25) is 11.8 Å². The minimum atomic E-state index is -1.39. The standard InChI is InChI=1S/C22H33FN4O5S.ClH/c1-11-17-16(12(2)28)21(30)26(17)18(22(31)32)19(11)33-14-7-15(24-8-14)20(29)25-9-13(10-25)27(3,4)6-5-23;/h11-17,24,28H,5-10H2,1-4H3;1H/t11-,12?,14+,15+,16-,17-;/m1./s1. The molecule has 0 spiro atoms. The number of halogens is 2. The lowest BCUT2D eigenvalue weighted by Crippen LogP contribution is -2.68. The van der Waals surface area contributed by atoms with Crippen LogP contribution in [0.5, 0.6) is 0 Å². The summed E-state index contributed by atoms with van der Waals surface area (Å²) in [6, 6.07) is -0.480. The van der Waals surface area contributed by atoms with E-state index in [0.29, 0.717) is 42.0 Å². The molecule has 34 heavy (non-hydrogen) atoms. The number of carbonyl (C=O) groups is 3. The Kier molecular flexibility index (Phi) is 7.94. The van der Waals surface area contributed by atoms with Crippen molar-refractivity contribution in [1.82, 2.24) is 15.1 Å². The first kappa shape index (κ1) is 27.2. The van der Waals surface area contributed by atoms with E-state index in [1.54, 1.807) is 11.8 Å². The summed E-state index contributed by atoms with van der Waals surface area (Å²) in [6.07, 6.45) is -0.292. The molecule has 0 aliphatic carbocycles. The maximum absolute atomic E-state index is 12.9. The van der Waals surface area contributed by atoms with E-state index in [1.807, 2.05) is 21.0 Å². The molecule has 0 aromatic carbocycles. The van der Waals surface area contributed by atoms with E-state index in [4.69, 9.17) is 0 Å². The second kappa shape index (κ2) is 9.93. The van der Waals surface area contributed by atoms with Gasteiger partial charge in [-0.05, 0) is 13.3 Å².